The van der Waals surface area contributed by atoms with Crippen molar-refractivity contribution in [2.75, 3.05) is 19.6 Å². The number of ketones is 1. The van der Waals surface area contributed by atoms with Crippen LogP contribution in [0.5, 0.6) is 0 Å². The third-order valence-electron chi connectivity index (χ3n) is 5.55. The van der Waals surface area contributed by atoms with Gasteiger partial charge in [-0.05, 0) is 38.4 Å². The van der Waals surface area contributed by atoms with E-state index in [0.29, 0.717) is 12.5 Å². The van der Waals surface area contributed by atoms with Gasteiger partial charge in [-0.3, -0.25) is 14.8 Å². The average Bonchev–Trinajstić information content (AvgIpc) is 3.11. The molecule has 2 heterocycles. The van der Waals surface area contributed by atoms with Crippen LogP contribution in [-0.4, -0.2) is 40.5 Å². The van der Waals surface area contributed by atoms with Gasteiger partial charge < -0.3 is 0 Å². The minimum atomic E-state index is 0.207. The zero-order valence-electron chi connectivity index (χ0n) is 15.7. The second kappa shape index (κ2) is 7.89. The van der Waals surface area contributed by atoms with Gasteiger partial charge in [-0.25, -0.2) is 0 Å². The number of piperidine rings is 1. The molecule has 4 rings (SSSR count). The van der Waals surface area contributed by atoms with Crippen LogP contribution in [0, 0.1) is 6.92 Å². The summed E-state index contributed by atoms with van der Waals surface area (Å²) in [4.78, 5) is 14.7. The minimum Gasteiger partial charge on any atom is -0.296 e. The molecule has 4 nitrogen and oxygen atoms in total. The number of aromatic nitrogens is 2. The standard InChI is InChI=1S/C23H25N3O/c1-17-22(19-10-6-3-7-11-19)24-25-23(17)20-12-14-26(15-13-20)16-21(27)18-8-4-2-5-9-18/h2-11,20H,12-16H2,1H3,(H,24,25). The topological polar surface area (TPSA) is 49.0 Å². The molecule has 1 N–H and O–H groups in total. The van der Waals surface area contributed by atoms with Gasteiger partial charge in [0.1, 0.15) is 0 Å². The van der Waals surface area contributed by atoms with E-state index in [-0.39, 0.29) is 5.78 Å². The number of H-pyrrole nitrogens is 1. The number of likely N-dealkylation sites (tertiary alicyclic amines) is 1. The minimum absolute atomic E-state index is 0.207. The normalized spacial score (nSPS) is 15.7. The van der Waals surface area contributed by atoms with Crippen molar-refractivity contribution in [3.8, 4) is 11.3 Å². The Kier molecular flexibility index (Phi) is 5.16. The van der Waals surface area contributed by atoms with E-state index >= 15 is 0 Å². The summed E-state index contributed by atoms with van der Waals surface area (Å²) >= 11 is 0. The van der Waals surface area contributed by atoms with E-state index in [9.17, 15) is 4.79 Å². The molecule has 2 aromatic carbocycles. The molecule has 4 heteroatoms. The van der Waals surface area contributed by atoms with Gasteiger partial charge in [0.15, 0.2) is 5.78 Å². The summed E-state index contributed by atoms with van der Waals surface area (Å²) in [6, 6.07) is 19.9. The highest BCUT2D eigenvalue weighted by atomic mass is 16.1. The molecule has 27 heavy (non-hydrogen) atoms. The second-order valence-electron chi connectivity index (χ2n) is 7.32. The molecule has 0 atom stereocenters. The highest BCUT2D eigenvalue weighted by Crippen LogP contribution is 2.33. The fourth-order valence-electron chi connectivity index (χ4n) is 3.98. The summed E-state index contributed by atoms with van der Waals surface area (Å²) in [6.45, 7) is 4.56. The Morgan fingerprint density at radius 1 is 1.04 bits per heavy atom. The highest BCUT2D eigenvalue weighted by Gasteiger charge is 2.25. The lowest BCUT2D eigenvalue weighted by Gasteiger charge is -2.31. The van der Waals surface area contributed by atoms with Crippen molar-refractivity contribution in [2.45, 2.75) is 25.7 Å². The van der Waals surface area contributed by atoms with Crippen molar-refractivity contribution in [2.24, 2.45) is 0 Å². The maximum absolute atomic E-state index is 12.4. The molecule has 0 unspecified atom stereocenters. The Balaban J connectivity index is 1.39. The summed E-state index contributed by atoms with van der Waals surface area (Å²) < 4.78 is 0. The van der Waals surface area contributed by atoms with E-state index in [4.69, 9.17) is 0 Å². The van der Waals surface area contributed by atoms with E-state index in [1.807, 2.05) is 48.5 Å². The van der Waals surface area contributed by atoms with E-state index < -0.39 is 0 Å². The lowest BCUT2D eigenvalue weighted by atomic mass is 9.90. The first-order valence-electron chi connectivity index (χ1n) is 9.63. The van der Waals surface area contributed by atoms with Gasteiger partial charge in [0, 0.05) is 22.7 Å². The molecule has 0 amide bonds. The Morgan fingerprint density at radius 3 is 2.33 bits per heavy atom. The molecule has 1 saturated heterocycles. The van der Waals surface area contributed by atoms with Crippen molar-refractivity contribution in [3.05, 3.63) is 77.5 Å². The fourth-order valence-corrected chi connectivity index (χ4v) is 3.98. The van der Waals surface area contributed by atoms with Gasteiger partial charge in [0.05, 0.1) is 12.2 Å². The van der Waals surface area contributed by atoms with Crippen LogP contribution in [0.1, 0.15) is 40.4 Å². The van der Waals surface area contributed by atoms with Crippen molar-refractivity contribution in [1.29, 1.82) is 0 Å². The summed E-state index contributed by atoms with van der Waals surface area (Å²) in [5.74, 6) is 0.691. The van der Waals surface area contributed by atoms with Crippen molar-refractivity contribution in [1.82, 2.24) is 15.1 Å². The number of nitrogens with one attached hydrogen (secondary N) is 1. The molecular formula is C23H25N3O. The molecule has 3 aromatic rings. The third-order valence-corrected chi connectivity index (χ3v) is 5.55. The number of rotatable bonds is 5. The quantitative estimate of drug-likeness (QED) is 0.685. The molecule has 0 bridgehead atoms. The largest absolute Gasteiger partial charge is 0.296 e. The van der Waals surface area contributed by atoms with Crippen molar-refractivity contribution >= 4 is 5.78 Å². The van der Waals surface area contributed by atoms with Crippen molar-refractivity contribution in [3.63, 3.8) is 0 Å². The van der Waals surface area contributed by atoms with Crippen LogP contribution in [-0.2, 0) is 0 Å². The number of hydrogen-bond donors (Lipinski definition) is 1. The zero-order chi connectivity index (χ0) is 18.6. The maximum atomic E-state index is 12.4. The number of carbonyl (C=O) groups is 1. The summed E-state index contributed by atoms with van der Waals surface area (Å²) in [7, 11) is 0. The first-order chi connectivity index (χ1) is 13.2. The van der Waals surface area contributed by atoms with Gasteiger partial charge in [0.25, 0.3) is 0 Å². The molecule has 0 spiro atoms. The van der Waals surface area contributed by atoms with Crippen LogP contribution in [0.3, 0.4) is 0 Å². The molecule has 0 saturated carbocycles. The molecular weight excluding hydrogens is 334 g/mol. The van der Waals surface area contributed by atoms with Crippen LogP contribution >= 0.6 is 0 Å². The molecule has 0 aliphatic carbocycles. The first-order valence-corrected chi connectivity index (χ1v) is 9.63. The summed E-state index contributed by atoms with van der Waals surface area (Å²) in [5.41, 5.74) is 5.51. The molecule has 1 fully saturated rings. The molecule has 1 aromatic heterocycles. The van der Waals surface area contributed by atoms with Crippen LogP contribution in [0.15, 0.2) is 60.7 Å². The van der Waals surface area contributed by atoms with E-state index in [1.165, 1.54) is 11.3 Å². The van der Waals surface area contributed by atoms with E-state index in [0.717, 1.165) is 42.8 Å². The SMILES string of the molecule is Cc1c(-c2ccccc2)n[nH]c1C1CCN(CC(=O)c2ccccc2)CC1. The Hall–Kier alpha value is -2.72. The number of hydrogen-bond acceptors (Lipinski definition) is 3. The molecule has 138 valence electrons. The number of Topliss-reactive ketones (excluding diaryl/α,β-unsaturated/α-hetero) is 1. The third kappa shape index (κ3) is 3.86. The second-order valence-corrected chi connectivity index (χ2v) is 7.32. The zero-order valence-corrected chi connectivity index (χ0v) is 15.7. The highest BCUT2D eigenvalue weighted by molar-refractivity contribution is 5.97. The lowest BCUT2D eigenvalue weighted by molar-refractivity contribution is 0.0909. The Labute approximate surface area is 160 Å². The van der Waals surface area contributed by atoms with Gasteiger partial charge in [-0.15, -0.1) is 0 Å². The average molecular weight is 359 g/mol. The summed E-state index contributed by atoms with van der Waals surface area (Å²) in [5, 5.41) is 7.86. The van der Waals surface area contributed by atoms with Gasteiger partial charge >= 0.3 is 0 Å². The summed E-state index contributed by atoms with van der Waals surface area (Å²) in [6.07, 6.45) is 2.11. The number of carbonyl (C=O) groups excluding carboxylic acids is 1. The van der Waals surface area contributed by atoms with Gasteiger partial charge in [-0.2, -0.15) is 5.10 Å². The first kappa shape index (κ1) is 17.7. The number of nitrogens with zero attached hydrogens (tertiary/aromatic N) is 2. The molecule has 1 aliphatic rings. The predicted molar refractivity (Wildman–Crippen MR) is 108 cm³/mol. The van der Waals surface area contributed by atoms with Crippen LogP contribution < -0.4 is 0 Å². The van der Waals surface area contributed by atoms with Gasteiger partial charge in [-0.1, -0.05) is 60.7 Å². The maximum Gasteiger partial charge on any atom is 0.176 e. The smallest absolute Gasteiger partial charge is 0.176 e. The van der Waals surface area contributed by atoms with Crippen molar-refractivity contribution < 1.29 is 4.79 Å². The van der Waals surface area contributed by atoms with Gasteiger partial charge in [0.2, 0.25) is 0 Å². The van der Waals surface area contributed by atoms with Crippen LogP contribution in [0.25, 0.3) is 11.3 Å². The number of aromatic amines is 1. The molecule has 0 radical (unpaired) electrons. The lowest BCUT2D eigenvalue weighted by Crippen LogP contribution is -2.37. The fraction of sp³-hybridized carbons (Fsp3) is 0.304. The number of benzene rings is 2. The van der Waals surface area contributed by atoms with E-state index in [1.54, 1.807) is 0 Å². The van der Waals surface area contributed by atoms with Crippen LogP contribution in [0.4, 0.5) is 0 Å². The molecule has 1 aliphatic heterocycles. The van der Waals surface area contributed by atoms with E-state index in [2.05, 4.69) is 34.2 Å². The predicted octanol–water partition coefficient (Wildman–Crippen LogP) is 4.45. The van der Waals surface area contributed by atoms with Crippen LogP contribution in [0.2, 0.25) is 0 Å². The Morgan fingerprint density at radius 2 is 1.67 bits per heavy atom. The monoisotopic (exact) mass is 359 g/mol. The Bertz CT molecular complexity index is 894.